The second-order valence-electron chi connectivity index (χ2n) is 5.57. The molecule has 4 nitrogen and oxygen atoms in total. The van der Waals surface area contributed by atoms with Crippen LogP contribution in [0.15, 0.2) is 18.2 Å². The van der Waals surface area contributed by atoms with Crippen molar-refractivity contribution in [1.82, 2.24) is 10.6 Å². The molecular formula is C15H21Cl3N2O2. The van der Waals surface area contributed by atoms with Crippen LogP contribution in [0.25, 0.3) is 0 Å². The van der Waals surface area contributed by atoms with E-state index in [9.17, 15) is 9.90 Å². The molecule has 1 amide bonds. The van der Waals surface area contributed by atoms with Gasteiger partial charge in [-0.05, 0) is 24.1 Å². The number of carbonyl (C=O) groups is 1. The van der Waals surface area contributed by atoms with Gasteiger partial charge in [-0.15, -0.1) is 12.4 Å². The van der Waals surface area contributed by atoms with Crippen LogP contribution in [0.1, 0.15) is 12.5 Å². The Morgan fingerprint density at radius 3 is 2.77 bits per heavy atom. The van der Waals surface area contributed by atoms with Gasteiger partial charge in [0.2, 0.25) is 5.91 Å². The molecule has 1 aromatic rings. The molecule has 0 radical (unpaired) electrons. The summed E-state index contributed by atoms with van der Waals surface area (Å²) < 4.78 is 0. The molecule has 1 fully saturated rings. The lowest BCUT2D eigenvalue weighted by atomic mass is 9.99. The highest BCUT2D eigenvalue weighted by Crippen LogP contribution is 2.23. The van der Waals surface area contributed by atoms with E-state index in [1.54, 1.807) is 12.1 Å². The SMILES string of the molecule is CC(Cc1ccc(Cl)cc1Cl)C(=O)NCC1CNCC1O.Cl. The predicted octanol–water partition coefficient (Wildman–Crippen LogP) is 2.29. The molecule has 1 aliphatic heterocycles. The average Bonchev–Trinajstić information content (AvgIpc) is 2.84. The number of aliphatic hydroxyl groups is 1. The lowest BCUT2D eigenvalue weighted by Crippen LogP contribution is -2.37. The largest absolute Gasteiger partial charge is 0.391 e. The number of benzene rings is 1. The number of nitrogens with one attached hydrogen (secondary N) is 2. The molecule has 1 aromatic carbocycles. The Bertz CT molecular complexity index is 514. The monoisotopic (exact) mass is 366 g/mol. The van der Waals surface area contributed by atoms with Gasteiger partial charge in [0.1, 0.15) is 0 Å². The molecule has 22 heavy (non-hydrogen) atoms. The summed E-state index contributed by atoms with van der Waals surface area (Å²) >= 11 is 12.0. The first-order valence-electron chi connectivity index (χ1n) is 7.07. The minimum Gasteiger partial charge on any atom is -0.391 e. The third-order valence-corrected chi connectivity index (χ3v) is 4.42. The van der Waals surface area contributed by atoms with Crippen LogP contribution in [0.5, 0.6) is 0 Å². The summed E-state index contributed by atoms with van der Waals surface area (Å²) in [5.74, 6) is -0.129. The Hall–Kier alpha value is -0.520. The van der Waals surface area contributed by atoms with Gasteiger partial charge in [0.25, 0.3) is 0 Å². The van der Waals surface area contributed by atoms with Gasteiger partial charge in [0.05, 0.1) is 6.10 Å². The van der Waals surface area contributed by atoms with Crippen molar-refractivity contribution in [3.8, 4) is 0 Å². The second-order valence-corrected chi connectivity index (χ2v) is 6.42. The van der Waals surface area contributed by atoms with Crippen molar-refractivity contribution < 1.29 is 9.90 Å². The summed E-state index contributed by atoms with van der Waals surface area (Å²) in [6.45, 7) is 3.69. The molecule has 3 unspecified atom stereocenters. The first kappa shape index (κ1) is 19.5. The molecule has 1 heterocycles. The van der Waals surface area contributed by atoms with Gasteiger partial charge in [0, 0.05) is 41.5 Å². The molecule has 0 bridgehead atoms. The number of carbonyl (C=O) groups excluding carboxylic acids is 1. The number of β-amino-alcohol motifs (C(OH)–C–C–N with tert-alkyl or cyclic N) is 1. The molecule has 124 valence electrons. The molecule has 7 heteroatoms. The molecule has 0 aromatic heterocycles. The molecule has 0 saturated carbocycles. The molecule has 0 aliphatic carbocycles. The average molecular weight is 368 g/mol. The van der Waals surface area contributed by atoms with Crippen LogP contribution in [-0.4, -0.2) is 36.8 Å². The van der Waals surface area contributed by atoms with Crippen LogP contribution >= 0.6 is 35.6 Å². The Kier molecular flexibility index (Phi) is 7.94. The van der Waals surface area contributed by atoms with Crippen LogP contribution in [-0.2, 0) is 11.2 Å². The third kappa shape index (κ3) is 5.28. The first-order chi connectivity index (χ1) is 9.97. The molecule has 0 spiro atoms. The van der Waals surface area contributed by atoms with E-state index >= 15 is 0 Å². The van der Waals surface area contributed by atoms with Gasteiger partial charge < -0.3 is 15.7 Å². The van der Waals surface area contributed by atoms with E-state index in [2.05, 4.69) is 10.6 Å². The predicted molar refractivity (Wildman–Crippen MR) is 92.0 cm³/mol. The molecule has 3 atom stereocenters. The van der Waals surface area contributed by atoms with Crippen molar-refractivity contribution in [3.05, 3.63) is 33.8 Å². The van der Waals surface area contributed by atoms with E-state index in [0.29, 0.717) is 29.6 Å². The highest BCUT2D eigenvalue weighted by molar-refractivity contribution is 6.35. The minimum atomic E-state index is -0.383. The smallest absolute Gasteiger partial charge is 0.223 e. The first-order valence-corrected chi connectivity index (χ1v) is 7.83. The zero-order valence-corrected chi connectivity index (χ0v) is 14.6. The standard InChI is InChI=1S/C15H20Cl2N2O2.ClH/c1-9(4-10-2-3-12(16)5-13(10)17)15(21)19-7-11-6-18-8-14(11)20;/h2-3,5,9,11,14,18,20H,4,6-8H2,1H3,(H,19,21);1H. The summed E-state index contributed by atoms with van der Waals surface area (Å²) in [4.78, 5) is 12.1. The van der Waals surface area contributed by atoms with E-state index in [0.717, 1.165) is 12.1 Å². The second kappa shape index (κ2) is 8.94. The highest BCUT2D eigenvalue weighted by Gasteiger charge is 2.25. The van der Waals surface area contributed by atoms with Gasteiger partial charge in [0.15, 0.2) is 0 Å². The topological polar surface area (TPSA) is 61.4 Å². The fraction of sp³-hybridized carbons (Fsp3) is 0.533. The number of hydrogen-bond acceptors (Lipinski definition) is 3. The van der Waals surface area contributed by atoms with Gasteiger partial charge in [-0.1, -0.05) is 36.2 Å². The van der Waals surface area contributed by atoms with Crippen LogP contribution in [0.3, 0.4) is 0 Å². The van der Waals surface area contributed by atoms with Crippen molar-refractivity contribution in [2.24, 2.45) is 11.8 Å². The Morgan fingerprint density at radius 2 is 2.18 bits per heavy atom. The number of rotatable bonds is 5. The summed E-state index contributed by atoms with van der Waals surface area (Å²) in [5.41, 5.74) is 0.909. The van der Waals surface area contributed by atoms with Crippen LogP contribution < -0.4 is 10.6 Å². The van der Waals surface area contributed by atoms with Gasteiger partial charge in [-0.2, -0.15) is 0 Å². The minimum absolute atomic E-state index is 0. The van der Waals surface area contributed by atoms with Crippen LogP contribution in [0, 0.1) is 11.8 Å². The van der Waals surface area contributed by atoms with Crippen molar-refractivity contribution in [2.75, 3.05) is 19.6 Å². The van der Waals surface area contributed by atoms with Gasteiger partial charge in [-0.25, -0.2) is 0 Å². The Morgan fingerprint density at radius 1 is 1.45 bits per heavy atom. The maximum atomic E-state index is 12.1. The lowest BCUT2D eigenvalue weighted by Gasteiger charge is -2.17. The normalized spacial score (nSPS) is 22.0. The fourth-order valence-electron chi connectivity index (χ4n) is 2.44. The number of amides is 1. The maximum Gasteiger partial charge on any atom is 0.223 e. The zero-order valence-electron chi connectivity index (χ0n) is 12.3. The molecule has 1 saturated heterocycles. The van der Waals surface area contributed by atoms with Crippen LogP contribution in [0.4, 0.5) is 0 Å². The van der Waals surface area contributed by atoms with E-state index in [-0.39, 0.29) is 36.3 Å². The molecule has 2 rings (SSSR count). The van der Waals surface area contributed by atoms with E-state index in [1.807, 2.05) is 13.0 Å². The lowest BCUT2D eigenvalue weighted by molar-refractivity contribution is -0.124. The van der Waals surface area contributed by atoms with Gasteiger partial charge in [-0.3, -0.25) is 4.79 Å². The number of aliphatic hydroxyl groups excluding tert-OH is 1. The van der Waals surface area contributed by atoms with Gasteiger partial charge >= 0.3 is 0 Å². The quantitative estimate of drug-likeness (QED) is 0.748. The molecule has 3 N–H and O–H groups in total. The summed E-state index contributed by atoms with van der Waals surface area (Å²) in [6.07, 6.45) is 0.180. The Balaban J connectivity index is 0.00000242. The summed E-state index contributed by atoms with van der Waals surface area (Å²) in [5, 5.41) is 16.9. The maximum absolute atomic E-state index is 12.1. The fourth-order valence-corrected chi connectivity index (χ4v) is 2.93. The van der Waals surface area contributed by atoms with E-state index in [4.69, 9.17) is 23.2 Å². The molecular weight excluding hydrogens is 347 g/mol. The van der Waals surface area contributed by atoms with E-state index in [1.165, 1.54) is 0 Å². The zero-order chi connectivity index (χ0) is 15.4. The summed E-state index contributed by atoms with van der Waals surface area (Å²) in [7, 11) is 0. The number of hydrogen-bond donors (Lipinski definition) is 3. The summed E-state index contributed by atoms with van der Waals surface area (Å²) in [6, 6.07) is 5.30. The molecule has 1 aliphatic rings. The third-order valence-electron chi connectivity index (χ3n) is 3.83. The van der Waals surface area contributed by atoms with Crippen molar-refractivity contribution in [2.45, 2.75) is 19.4 Å². The highest BCUT2D eigenvalue weighted by atomic mass is 35.5. The van der Waals surface area contributed by atoms with E-state index < -0.39 is 0 Å². The Labute approximate surface area is 147 Å². The van der Waals surface area contributed by atoms with Crippen molar-refractivity contribution in [1.29, 1.82) is 0 Å². The van der Waals surface area contributed by atoms with Crippen molar-refractivity contribution >= 4 is 41.5 Å². The van der Waals surface area contributed by atoms with Crippen LogP contribution in [0.2, 0.25) is 10.0 Å². The van der Waals surface area contributed by atoms with Crippen molar-refractivity contribution in [3.63, 3.8) is 0 Å². The number of halogens is 3.